The first kappa shape index (κ1) is 6.36. The highest BCUT2D eigenvalue weighted by Crippen LogP contribution is 1.55. The molecule has 0 amide bonds. The van der Waals surface area contributed by atoms with Crippen LogP contribution in [0.3, 0.4) is 0 Å². The maximum Gasteiger partial charge on any atom is 0.326 e. The van der Waals surface area contributed by atoms with Crippen LogP contribution in [0.5, 0.6) is 0 Å². The minimum absolute atomic E-state index is 0.907. The minimum Gasteiger partial charge on any atom is -0.565 e. The molecule has 0 saturated carbocycles. The first-order chi connectivity index (χ1) is 3.13. The van der Waals surface area contributed by atoms with Crippen LogP contribution in [-0.4, -0.2) is 30.2 Å². The Morgan fingerprint density at radius 2 is 2.29 bits per heavy atom. The van der Waals surface area contributed by atoms with Gasteiger partial charge in [-0.3, -0.25) is 0 Å². The van der Waals surface area contributed by atoms with Gasteiger partial charge < -0.3 is 9.90 Å². The molecule has 0 aromatic heterocycles. The molecule has 0 unspecified atom stereocenters. The van der Waals surface area contributed by atoms with Crippen molar-refractivity contribution in [3.05, 3.63) is 0 Å². The molecule has 0 fully saturated rings. The van der Waals surface area contributed by atoms with Crippen molar-refractivity contribution in [1.82, 2.24) is 0 Å². The van der Waals surface area contributed by atoms with Gasteiger partial charge >= 0.3 is 5.97 Å². The SMILES string of the molecule is C/[Si](O)=C/C(=O)O. The third-order valence-corrected chi connectivity index (χ3v) is 0.997. The van der Waals surface area contributed by atoms with Crippen LogP contribution in [0.4, 0.5) is 0 Å². The second-order valence-corrected chi connectivity index (χ2v) is 2.70. The predicted octanol–water partition coefficient (Wildman–Crippen LogP) is -0.932. The molecule has 0 aliphatic heterocycles. The molecule has 4 heteroatoms. The zero-order chi connectivity index (χ0) is 5.86. The number of carbonyl (C=O) groups is 1. The fraction of sp³-hybridized carbons (Fsp3) is 0.333. The lowest BCUT2D eigenvalue weighted by Gasteiger charge is -1.77. The van der Waals surface area contributed by atoms with Gasteiger partial charge in [-0.1, -0.05) is 0 Å². The number of hydrogen-bond donors (Lipinski definition) is 2. The Labute approximate surface area is 42.6 Å². The van der Waals surface area contributed by atoms with Gasteiger partial charge in [0.2, 0.25) is 8.65 Å². The van der Waals surface area contributed by atoms with Crippen molar-refractivity contribution >= 4 is 20.3 Å². The summed E-state index contributed by atoms with van der Waals surface area (Å²) in [5, 5.41) is 7.89. The van der Waals surface area contributed by atoms with Crippen molar-refractivity contribution in [2.24, 2.45) is 0 Å². The van der Waals surface area contributed by atoms with E-state index < -0.39 is 14.6 Å². The molecule has 7 heavy (non-hydrogen) atoms. The fourth-order valence-corrected chi connectivity index (χ4v) is 0.536. The van der Waals surface area contributed by atoms with E-state index in [0.717, 1.165) is 5.67 Å². The van der Waals surface area contributed by atoms with Gasteiger partial charge in [0, 0.05) is 5.67 Å². The molecule has 0 rings (SSSR count). The topological polar surface area (TPSA) is 57.5 Å². The zero-order valence-corrected chi connectivity index (χ0v) is 4.88. The standard InChI is InChI=1S/C3H6O3Si/c1-7(6)2-3(4)5/h2,6H,1H3,(H,4,5)/b7-2-. The summed E-state index contributed by atoms with van der Waals surface area (Å²) in [7, 11) is -1.66. The molecule has 0 spiro atoms. The molecule has 0 radical (unpaired) electrons. The molecule has 0 saturated heterocycles. The Morgan fingerprint density at radius 1 is 1.86 bits per heavy atom. The molecule has 0 aliphatic rings. The molecule has 40 valence electrons. The van der Waals surface area contributed by atoms with E-state index in [0.29, 0.717) is 0 Å². The third kappa shape index (κ3) is 5.36. The maximum absolute atomic E-state index is 9.62. The minimum atomic E-state index is -1.66. The van der Waals surface area contributed by atoms with E-state index in [9.17, 15) is 4.79 Å². The summed E-state index contributed by atoms with van der Waals surface area (Å²) in [4.78, 5) is 18.0. The molecule has 0 atom stereocenters. The monoisotopic (exact) mass is 118 g/mol. The Balaban J connectivity index is 3.68. The molecule has 3 nitrogen and oxygen atoms in total. The van der Waals surface area contributed by atoms with Crippen molar-refractivity contribution in [1.29, 1.82) is 0 Å². The molecule has 0 aliphatic carbocycles. The van der Waals surface area contributed by atoms with Gasteiger partial charge in [0.05, 0.1) is 0 Å². The van der Waals surface area contributed by atoms with E-state index >= 15 is 0 Å². The number of carboxylic acids is 1. The van der Waals surface area contributed by atoms with Gasteiger partial charge in [0.15, 0.2) is 0 Å². The molecule has 2 N–H and O–H groups in total. The number of aliphatic carboxylic acids is 1. The third-order valence-electron chi connectivity index (χ3n) is 0.332. The lowest BCUT2D eigenvalue weighted by molar-refractivity contribution is -0.128. The lowest BCUT2D eigenvalue weighted by Crippen LogP contribution is -2.06. The largest absolute Gasteiger partial charge is 0.565 e. The summed E-state index contributed by atoms with van der Waals surface area (Å²) in [6, 6.07) is 0. The Morgan fingerprint density at radius 3 is 2.29 bits per heavy atom. The van der Waals surface area contributed by atoms with Crippen LogP contribution in [-0.2, 0) is 4.79 Å². The molecular weight excluding hydrogens is 112 g/mol. The first-order valence-corrected chi connectivity index (χ1v) is 3.75. The van der Waals surface area contributed by atoms with Crippen LogP contribution in [0.2, 0.25) is 6.55 Å². The van der Waals surface area contributed by atoms with Crippen LogP contribution < -0.4 is 0 Å². The highest BCUT2D eigenvalue weighted by molar-refractivity contribution is 6.69. The van der Waals surface area contributed by atoms with Crippen LogP contribution >= 0.6 is 0 Å². The Bertz CT molecular complexity index is 103. The van der Waals surface area contributed by atoms with Crippen LogP contribution in [0.1, 0.15) is 0 Å². The smallest absolute Gasteiger partial charge is 0.326 e. The van der Waals surface area contributed by atoms with Crippen molar-refractivity contribution < 1.29 is 14.7 Å². The highest BCUT2D eigenvalue weighted by Gasteiger charge is 1.88. The van der Waals surface area contributed by atoms with Crippen molar-refractivity contribution in [2.45, 2.75) is 6.55 Å². The van der Waals surface area contributed by atoms with Gasteiger partial charge in [-0.25, -0.2) is 4.79 Å². The summed E-state index contributed by atoms with van der Waals surface area (Å²) in [6.45, 7) is 1.48. The average molecular weight is 118 g/mol. The lowest BCUT2D eigenvalue weighted by atomic mass is 10.8. The van der Waals surface area contributed by atoms with E-state index in [1.54, 1.807) is 0 Å². The summed E-state index contributed by atoms with van der Waals surface area (Å²) in [5.74, 6) is -1.04. The van der Waals surface area contributed by atoms with E-state index in [2.05, 4.69) is 0 Å². The van der Waals surface area contributed by atoms with Crippen molar-refractivity contribution in [3.8, 4) is 0 Å². The van der Waals surface area contributed by atoms with E-state index in [4.69, 9.17) is 9.90 Å². The van der Waals surface area contributed by atoms with Gasteiger partial charge in [-0.15, -0.1) is 0 Å². The summed E-state index contributed by atoms with van der Waals surface area (Å²) >= 11 is 0. The van der Waals surface area contributed by atoms with E-state index in [1.807, 2.05) is 0 Å². The molecule has 0 aromatic carbocycles. The maximum atomic E-state index is 9.62. The molecular formula is C3H6O3Si. The van der Waals surface area contributed by atoms with Gasteiger partial charge in [0.1, 0.15) is 0 Å². The molecule has 0 aromatic rings. The number of rotatable bonds is 1. The second-order valence-electron chi connectivity index (χ2n) is 1.12. The summed E-state index contributed by atoms with van der Waals surface area (Å²) < 4.78 is 0. The van der Waals surface area contributed by atoms with Crippen molar-refractivity contribution in [3.63, 3.8) is 0 Å². The van der Waals surface area contributed by atoms with E-state index in [-0.39, 0.29) is 0 Å². The Hall–Kier alpha value is -0.643. The van der Waals surface area contributed by atoms with Crippen molar-refractivity contribution in [2.75, 3.05) is 0 Å². The van der Waals surface area contributed by atoms with Gasteiger partial charge in [-0.05, 0) is 6.55 Å². The zero-order valence-electron chi connectivity index (χ0n) is 3.88. The quantitative estimate of drug-likeness (QED) is 0.437. The van der Waals surface area contributed by atoms with Gasteiger partial charge in [-0.2, -0.15) is 0 Å². The van der Waals surface area contributed by atoms with E-state index in [1.165, 1.54) is 6.55 Å². The van der Waals surface area contributed by atoms with Crippen LogP contribution in [0.25, 0.3) is 0 Å². The highest BCUT2D eigenvalue weighted by atomic mass is 28.3. The van der Waals surface area contributed by atoms with Gasteiger partial charge in [0.25, 0.3) is 0 Å². The summed E-state index contributed by atoms with van der Waals surface area (Å²) in [5.41, 5.74) is 0.907. The average Bonchev–Trinajstić information content (AvgIpc) is 1.27. The van der Waals surface area contributed by atoms with Crippen LogP contribution in [0.15, 0.2) is 0 Å². The predicted molar refractivity (Wildman–Crippen MR) is 27.5 cm³/mol. The first-order valence-electron chi connectivity index (χ1n) is 1.73. The summed E-state index contributed by atoms with van der Waals surface area (Å²) in [6.07, 6.45) is 0. The molecule has 0 heterocycles. The second kappa shape index (κ2) is 2.52. The van der Waals surface area contributed by atoms with Crippen LogP contribution in [0, 0.1) is 0 Å². The molecule has 0 bridgehead atoms. The normalized spacial score (nSPS) is 11.3. The number of carboxylic acid groups (broad SMARTS) is 1. The Kier molecular flexibility index (Phi) is 2.29. The fourth-order valence-electron chi connectivity index (χ4n) is 0.179. The number of hydrogen-bond acceptors (Lipinski definition) is 2.